The first-order valence-electron chi connectivity index (χ1n) is 10.9. The number of hydrogen-bond donors (Lipinski definition) is 1. The molecule has 2 rings (SSSR count). The van der Waals surface area contributed by atoms with Crippen LogP contribution in [0.3, 0.4) is 0 Å². The van der Waals surface area contributed by atoms with Gasteiger partial charge < -0.3 is 19.9 Å². The van der Waals surface area contributed by atoms with E-state index in [0.717, 1.165) is 18.4 Å². The fourth-order valence-corrected chi connectivity index (χ4v) is 3.24. The number of carbonyl (C=O) groups excluding carboxylic acids is 2. The lowest BCUT2D eigenvalue weighted by Crippen LogP contribution is -2.42. The van der Waals surface area contributed by atoms with Crippen LogP contribution in [-0.4, -0.2) is 43.1 Å². The number of amides is 2. The van der Waals surface area contributed by atoms with Crippen LogP contribution < -0.4 is 10.5 Å². The summed E-state index contributed by atoms with van der Waals surface area (Å²) in [5.41, 5.74) is 9.79. The van der Waals surface area contributed by atoms with Gasteiger partial charge in [-0.05, 0) is 74.9 Å². The van der Waals surface area contributed by atoms with Crippen LogP contribution in [0.4, 0.5) is 4.79 Å². The highest BCUT2D eigenvalue weighted by atomic mass is 16.7. The molecule has 2 aromatic carbocycles. The number of hydrogen-bond acceptors (Lipinski definition) is 5. The Bertz CT molecular complexity index is 882. The molecular formula is C25H34N2O5. The first-order chi connectivity index (χ1) is 15.3. The van der Waals surface area contributed by atoms with Gasteiger partial charge in [-0.15, -0.1) is 0 Å². The number of nitrogens with two attached hydrogens (primary N) is 1. The average molecular weight is 443 g/mol. The number of ether oxygens (including phenoxy) is 3. The molecular weight excluding hydrogens is 408 g/mol. The third-order valence-corrected chi connectivity index (χ3v) is 5.21. The maximum atomic E-state index is 12.4. The molecule has 2 N–H and O–H groups in total. The zero-order chi connectivity index (χ0) is 23.5. The number of nitrogens with zero attached hydrogens (tertiary/aromatic N) is 1. The summed E-state index contributed by atoms with van der Waals surface area (Å²) < 4.78 is 16.5. The van der Waals surface area contributed by atoms with Crippen LogP contribution in [-0.2, 0) is 27.1 Å². The summed E-state index contributed by atoms with van der Waals surface area (Å²) in [5.74, 6) is 0.218. The largest absolute Gasteiger partial charge is 0.467 e. The van der Waals surface area contributed by atoms with Gasteiger partial charge in [-0.3, -0.25) is 9.69 Å². The third kappa shape index (κ3) is 8.23. The summed E-state index contributed by atoms with van der Waals surface area (Å²) in [4.78, 5) is 25.0. The van der Waals surface area contributed by atoms with Crippen molar-refractivity contribution in [2.75, 3.05) is 19.9 Å². The van der Waals surface area contributed by atoms with E-state index in [1.807, 2.05) is 0 Å². The van der Waals surface area contributed by atoms with Crippen LogP contribution in [0.2, 0.25) is 0 Å². The molecule has 0 radical (unpaired) electrons. The molecule has 0 aromatic heterocycles. The van der Waals surface area contributed by atoms with Gasteiger partial charge in [0.25, 0.3) is 0 Å². The standard InChI is InChI=1S/C25H34N2O5/c1-5-30-25(29)27(14-6-7-21-9-8-18(2)19(3)15-21)20(4)31-17-32-23-12-10-22(11-13-23)16-24(26)28/h8-13,15,20H,5-7,14,16-17H2,1-4H3,(H2,26,28). The van der Waals surface area contributed by atoms with Crippen molar-refractivity contribution in [3.05, 3.63) is 64.7 Å². The second-order valence-electron chi connectivity index (χ2n) is 7.73. The van der Waals surface area contributed by atoms with Crippen LogP contribution in [0.25, 0.3) is 0 Å². The normalized spacial score (nSPS) is 11.6. The summed E-state index contributed by atoms with van der Waals surface area (Å²) >= 11 is 0. The SMILES string of the molecule is CCOC(=O)N(CCCc1ccc(C)c(C)c1)C(C)OCOc1ccc(CC(N)=O)cc1. The quantitative estimate of drug-likeness (QED) is 0.499. The fraction of sp³-hybridized carbons (Fsp3) is 0.440. The Morgan fingerprint density at radius 3 is 2.34 bits per heavy atom. The van der Waals surface area contributed by atoms with E-state index in [4.69, 9.17) is 19.9 Å². The summed E-state index contributed by atoms with van der Waals surface area (Å²) in [6.45, 7) is 8.56. The Morgan fingerprint density at radius 2 is 1.72 bits per heavy atom. The molecule has 2 aromatic rings. The third-order valence-electron chi connectivity index (χ3n) is 5.21. The van der Waals surface area contributed by atoms with Crippen molar-refractivity contribution in [3.8, 4) is 5.75 Å². The summed E-state index contributed by atoms with van der Waals surface area (Å²) in [5, 5.41) is 0. The summed E-state index contributed by atoms with van der Waals surface area (Å²) in [7, 11) is 0. The van der Waals surface area contributed by atoms with Gasteiger partial charge in [0.15, 0.2) is 6.79 Å². The first kappa shape index (κ1) is 25.2. The van der Waals surface area contributed by atoms with Crippen LogP contribution >= 0.6 is 0 Å². The van der Waals surface area contributed by atoms with Gasteiger partial charge >= 0.3 is 6.09 Å². The Hall–Kier alpha value is -3.06. The van der Waals surface area contributed by atoms with E-state index in [0.29, 0.717) is 18.9 Å². The molecule has 2 amide bonds. The first-order valence-corrected chi connectivity index (χ1v) is 10.9. The van der Waals surface area contributed by atoms with Crippen molar-refractivity contribution in [3.63, 3.8) is 0 Å². The Labute approximate surface area is 190 Å². The number of aryl methyl sites for hydroxylation is 3. The van der Waals surface area contributed by atoms with E-state index in [2.05, 4.69) is 32.0 Å². The Morgan fingerprint density at radius 1 is 1.03 bits per heavy atom. The minimum absolute atomic E-state index is 0.0244. The van der Waals surface area contributed by atoms with Crippen molar-refractivity contribution < 1.29 is 23.8 Å². The lowest BCUT2D eigenvalue weighted by molar-refractivity contribution is -0.117. The lowest BCUT2D eigenvalue weighted by Gasteiger charge is -2.28. The van der Waals surface area contributed by atoms with Crippen LogP contribution in [0.1, 0.15) is 42.5 Å². The summed E-state index contributed by atoms with van der Waals surface area (Å²) in [6.07, 6.45) is 0.915. The molecule has 1 unspecified atom stereocenters. The number of carbonyl (C=O) groups is 2. The van der Waals surface area contributed by atoms with Gasteiger partial charge in [0.2, 0.25) is 5.91 Å². The van der Waals surface area contributed by atoms with Crippen LogP contribution in [0, 0.1) is 13.8 Å². The van der Waals surface area contributed by atoms with E-state index < -0.39 is 12.3 Å². The molecule has 0 saturated carbocycles. The van der Waals surface area contributed by atoms with Crippen molar-refractivity contribution in [1.29, 1.82) is 0 Å². The molecule has 0 spiro atoms. The second-order valence-corrected chi connectivity index (χ2v) is 7.73. The highest BCUT2D eigenvalue weighted by Crippen LogP contribution is 2.15. The van der Waals surface area contributed by atoms with Crippen LogP contribution in [0.15, 0.2) is 42.5 Å². The minimum Gasteiger partial charge on any atom is -0.467 e. The van der Waals surface area contributed by atoms with Crippen molar-refractivity contribution in [2.45, 2.75) is 53.2 Å². The van der Waals surface area contributed by atoms with Gasteiger partial charge in [-0.25, -0.2) is 4.79 Å². The Kier molecular flexibility index (Phi) is 10.0. The van der Waals surface area contributed by atoms with Crippen molar-refractivity contribution in [1.82, 2.24) is 4.90 Å². The number of rotatable bonds is 12. The Balaban J connectivity index is 1.86. The van der Waals surface area contributed by atoms with Crippen LogP contribution in [0.5, 0.6) is 5.75 Å². The summed E-state index contributed by atoms with van der Waals surface area (Å²) in [6, 6.07) is 13.5. The smallest absolute Gasteiger partial charge is 0.411 e. The predicted octanol–water partition coefficient (Wildman–Crippen LogP) is 4.12. The predicted molar refractivity (Wildman–Crippen MR) is 123 cm³/mol. The maximum absolute atomic E-state index is 12.4. The molecule has 0 heterocycles. The van der Waals surface area contributed by atoms with E-state index in [9.17, 15) is 9.59 Å². The second kappa shape index (κ2) is 12.7. The highest BCUT2D eigenvalue weighted by molar-refractivity contribution is 5.76. The van der Waals surface area contributed by atoms with Crippen molar-refractivity contribution >= 4 is 12.0 Å². The number of benzene rings is 2. The molecule has 0 bridgehead atoms. The van der Waals surface area contributed by atoms with Gasteiger partial charge in [0.1, 0.15) is 12.0 Å². The molecule has 7 nitrogen and oxygen atoms in total. The van der Waals surface area contributed by atoms with E-state index in [1.165, 1.54) is 16.7 Å². The fourth-order valence-electron chi connectivity index (χ4n) is 3.24. The number of primary amides is 1. The molecule has 0 aliphatic carbocycles. The van der Waals surface area contributed by atoms with E-state index in [1.54, 1.807) is 43.0 Å². The monoisotopic (exact) mass is 442 g/mol. The molecule has 0 aliphatic heterocycles. The maximum Gasteiger partial charge on any atom is 0.411 e. The average Bonchev–Trinajstić information content (AvgIpc) is 2.74. The molecule has 1 atom stereocenters. The zero-order valence-corrected chi connectivity index (χ0v) is 19.4. The molecule has 32 heavy (non-hydrogen) atoms. The molecule has 174 valence electrons. The van der Waals surface area contributed by atoms with Crippen molar-refractivity contribution in [2.24, 2.45) is 5.73 Å². The topological polar surface area (TPSA) is 91.1 Å². The van der Waals surface area contributed by atoms with E-state index >= 15 is 0 Å². The van der Waals surface area contributed by atoms with Gasteiger partial charge in [-0.2, -0.15) is 0 Å². The molecule has 0 fully saturated rings. The van der Waals surface area contributed by atoms with Gasteiger partial charge in [0, 0.05) is 6.54 Å². The van der Waals surface area contributed by atoms with E-state index in [-0.39, 0.29) is 19.1 Å². The molecule has 0 saturated heterocycles. The lowest BCUT2D eigenvalue weighted by atomic mass is 10.0. The molecule has 0 aliphatic rings. The highest BCUT2D eigenvalue weighted by Gasteiger charge is 2.21. The van der Waals surface area contributed by atoms with Gasteiger partial charge in [-0.1, -0.05) is 30.3 Å². The van der Waals surface area contributed by atoms with Gasteiger partial charge in [0.05, 0.1) is 13.0 Å². The minimum atomic E-state index is -0.511. The zero-order valence-electron chi connectivity index (χ0n) is 19.4. The molecule has 7 heteroatoms.